The summed E-state index contributed by atoms with van der Waals surface area (Å²) in [7, 11) is 0. The SMILES string of the molecule is CCOc1ccc(N=Nc2ccc(OC(=O)c3ccc(-c4ccccc4)cc3)cc2)cc1. The highest BCUT2D eigenvalue weighted by Gasteiger charge is 2.09. The molecule has 0 radical (unpaired) electrons. The Kier molecular flexibility index (Phi) is 6.68. The molecule has 4 rings (SSSR count). The van der Waals surface area contributed by atoms with Crippen LogP contribution in [0, 0.1) is 0 Å². The highest BCUT2D eigenvalue weighted by atomic mass is 16.5. The Morgan fingerprint density at radius 1 is 0.656 bits per heavy atom. The number of ether oxygens (including phenoxy) is 2. The van der Waals surface area contributed by atoms with E-state index < -0.39 is 5.97 Å². The molecule has 4 aromatic rings. The normalized spacial score (nSPS) is 10.8. The fourth-order valence-electron chi connectivity index (χ4n) is 3.07. The van der Waals surface area contributed by atoms with Gasteiger partial charge >= 0.3 is 5.97 Å². The fraction of sp³-hybridized carbons (Fsp3) is 0.0741. The molecule has 0 amide bonds. The van der Waals surface area contributed by atoms with E-state index in [2.05, 4.69) is 10.2 Å². The highest BCUT2D eigenvalue weighted by Crippen LogP contribution is 2.24. The Morgan fingerprint density at radius 2 is 1.19 bits per heavy atom. The summed E-state index contributed by atoms with van der Waals surface area (Å²) < 4.78 is 10.9. The number of benzene rings is 4. The summed E-state index contributed by atoms with van der Waals surface area (Å²) in [5.74, 6) is 0.836. The molecular formula is C27H22N2O3. The van der Waals surface area contributed by atoms with Gasteiger partial charge in [0.2, 0.25) is 0 Å². The Hall–Kier alpha value is -4.25. The molecule has 0 N–H and O–H groups in total. The molecule has 0 atom stereocenters. The van der Waals surface area contributed by atoms with Crippen LogP contribution in [0.1, 0.15) is 17.3 Å². The first-order valence-corrected chi connectivity index (χ1v) is 10.3. The molecule has 32 heavy (non-hydrogen) atoms. The molecule has 0 saturated carbocycles. The molecule has 0 unspecified atom stereocenters. The zero-order valence-electron chi connectivity index (χ0n) is 17.6. The van der Waals surface area contributed by atoms with E-state index in [0.717, 1.165) is 22.6 Å². The van der Waals surface area contributed by atoms with Crippen LogP contribution in [0.3, 0.4) is 0 Å². The number of hydrogen-bond donors (Lipinski definition) is 0. The van der Waals surface area contributed by atoms with Crippen LogP contribution in [-0.4, -0.2) is 12.6 Å². The molecule has 158 valence electrons. The molecule has 0 saturated heterocycles. The van der Waals surface area contributed by atoms with E-state index in [0.29, 0.717) is 23.6 Å². The molecule has 0 heterocycles. The van der Waals surface area contributed by atoms with Crippen LogP contribution in [0.2, 0.25) is 0 Å². The lowest BCUT2D eigenvalue weighted by Crippen LogP contribution is -2.08. The zero-order valence-corrected chi connectivity index (χ0v) is 17.6. The Balaban J connectivity index is 1.36. The predicted molar refractivity (Wildman–Crippen MR) is 125 cm³/mol. The topological polar surface area (TPSA) is 60.3 Å². The summed E-state index contributed by atoms with van der Waals surface area (Å²) in [6.45, 7) is 2.56. The molecule has 5 nitrogen and oxygen atoms in total. The van der Waals surface area contributed by atoms with E-state index in [9.17, 15) is 4.79 Å². The largest absolute Gasteiger partial charge is 0.494 e. The molecule has 4 aromatic carbocycles. The van der Waals surface area contributed by atoms with Crippen molar-refractivity contribution in [1.29, 1.82) is 0 Å². The van der Waals surface area contributed by atoms with Crippen LogP contribution < -0.4 is 9.47 Å². The van der Waals surface area contributed by atoms with Crippen LogP contribution in [0.5, 0.6) is 11.5 Å². The quantitative estimate of drug-likeness (QED) is 0.177. The van der Waals surface area contributed by atoms with E-state index in [1.165, 1.54) is 0 Å². The molecule has 0 aliphatic carbocycles. The number of esters is 1. The standard InChI is InChI=1S/C27H22N2O3/c1-2-31-25-16-12-23(13-17-25)28-29-24-14-18-26(19-15-24)32-27(30)22-10-8-21(9-11-22)20-6-4-3-5-7-20/h3-19H,2H2,1H3. The molecular weight excluding hydrogens is 400 g/mol. The van der Waals surface area contributed by atoms with Crippen LogP contribution in [0.15, 0.2) is 113 Å². The second-order valence-electron chi connectivity index (χ2n) is 6.95. The average molecular weight is 422 g/mol. The van der Waals surface area contributed by atoms with Crippen molar-refractivity contribution >= 4 is 17.3 Å². The molecule has 0 fully saturated rings. The van der Waals surface area contributed by atoms with Crippen molar-refractivity contribution in [1.82, 2.24) is 0 Å². The van der Waals surface area contributed by atoms with Crippen LogP contribution in [0.4, 0.5) is 11.4 Å². The maximum Gasteiger partial charge on any atom is 0.343 e. The van der Waals surface area contributed by atoms with Gasteiger partial charge in [0, 0.05) is 0 Å². The van der Waals surface area contributed by atoms with Gasteiger partial charge in [0.1, 0.15) is 11.5 Å². The van der Waals surface area contributed by atoms with Crippen molar-refractivity contribution in [3.8, 4) is 22.6 Å². The van der Waals surface area contributed by atoms with E-state index >= 15 is 0 Å². The summed E-state index contributed by atoms with van der Waals surface area (Å²) in [5.41, 5.74) is 4.02. The molecule has 0 aliphatic heterocycles. The number of carbonyl (C=O) groups is 1. The minimum Gasteiger partial charge on any atom is -0.494 e. The van der Waals surface area contributed by atoms with E-state index in [1.54, 1.807) is 36.4 Å². The summed E-state index contributed by atoms with van der Waals surface area (Å²) in [6, 6.07) is 31.6. The van der Waals surface area contributed by atoms with Gasteiger partial charge in [-0.15, -0.1) is 0 Å². The van der Waals surface area contributed by atoms with Gasteiger partial charge < -0.3 is 9.47 Å². The number of carbonyl (C=O) groups excluding carboxylic acids is 1. The second kappa shape index (κ2) is 10.2. The zero-order chi connectivity index (χ0) is 22.2. The maximum atomic E-state index is 12.5. The lowest BCUT2D eigenvalue weighted by molar-refractivity contribution is 0.0735. The summed E-state index contributed by atoms with van der Waals surface area (Å²) in [4.78, 5) is 12.5. The molecule has 5 heteroatoms. The van der Waals surface area contributed by atoms with Gasteiger partial charge in [-0.25, -0.2) is 4.79 Å². The monoisotopic (exact) mass is 422 g/mol. The second-order valence-corrected chi connectivity index (χ2v) is 6.95. The van der Waals surface area contributed by atoms with Gasteiger partial charge in [-0.1, -0.05) is 42.5 Å². The Labute approximate surface area is 187 Å². The number of hydrogen-bond acceptors (Lipinski definition) is 5. The number of nitrogens with zero attached hydrogens (tertiary/aromatic N) is 2. The van der Waals surface area contributed by atoms with E-state index in [1.807, 2.05) is 73.7 Å². The highest BCUT2D eigenvalue weighted by molar-refractivity contribution is 5.91. The summed E-state index contributed by atoms with van der Waals surface area (Å²) in [6.07, 6.45) is 0. The lowest BCUT2D eigenvalue weighted by Gasteiger charge is -2.06. The molecule has 0 aliphatic rings. The van der Waals surface area contributed by atoms with Crippen molar-refractivity contribution in [3.63, 3.8) is 0 Å². The van der Waals surface area contributed by atoms with Crippen molar-refractivity contribution in [2.45, 2.75) is 6.92 Å². The van der Waals surface area contributed by atoms with Crippen molar-refractivity contribution in [2.75, 3.05) is 6.61 Å². The van der Waals surface area contributed by atoms with Gasteiger partial charge in [-0.3, -0.25) is 0 Å². The van der Waals surface area contributed by atoms with E-state index in [4.69, 9.17) is 9.47 Å². The van der Waals surface area contributed by atoms with Gasteiger partial charge in [0.05, 0.1) is 23.5 Å². The third kappa shape index (κ3) is 5.46. The van der Waals surface area contributed by atoms with E-state index in [-0.39, 0.29) is 0 Å². The van der Waals surface area contributed by atoms with Gasteiger partial charge in [-0.2, -0.15) is 10.2 Å². The van der Waals surface area contributed by atoms with Crippen molar-refractivity contribution < 1.29 is 14.3 Å². The third-order valence-corrected chi connectivity index (χ3v) is 4.70. The van der Waals surface area contributed by atoms with Crippen LogP contribution in [0.25, 0.3) is 11.1 Å². The summed E-state index contributed by atoms with van der Waals surface area (Å²) in [5, 5.41) is 8.42. The molecule has 0 aromatic heterocycles. The fourth-order valence-corrected chi connectivity index (χ4v) is 3.07. The van der Waals surface area contributed by atoms with Gasteiger partial charge in [-0.05, 0) is 78.7 Å². The van der Waals surface area contributed by atoms with Crippen LogP contribution in [-0.2, 0) is 0 Å². The molecule has 0 spiro atoms. The number of rotatable bonds is 7. The Bertz CT molecular complexity index is 1180. The first-order chi connectivity index (χ1) is 15.7. The average Bonchev–Trinajstić information content (AvgIpc) is 2.85. The minimum absolute atomic E-state index is 0.409. The van der Waals surface area contributed by atoms with Crippen molar-refractivity contribution in [3.05, 3.63) is 109 Å². The van der Waals surface area contributed by atoms with Gasteiger partial charge in [0.25, 0.3) is 0 Å². The Morgan fingerprint density at radius 3 is 1.75 bits per heavy atom. The summed E-state index contributed by atoms with van der Waals surface area (Å²) >= 11 is 0. The lowest BCUT2D eigenvalue weighted by atomic mass is 10.0. The van der Waals surface area contributed by atoms with Crippen LogP contribution >= 0.6 is 0 Å². The number of azo groups is 1. The smallest absolute Gasteiger partial charge is 0.343 e. The minimum atomic E-state index is -0.409. The predicted octanol–water partition coefficient (Wildman–Crippen LogP) is 7.39. The van der Waals surface area contributed by atoms with Crippen molar-refractivity contribution in [2.24, 2.45) is 10.2 Å². The van der Waals surface area contributed by atoms with Gasteiger partial charge in [0.15, 0.2) is 0 Å². The first-order valence-electron chi connectivity index (χ1n) is 10.3. The molecule has 0 bridgehead atoms. The third-order valence-electron chi connectivity index (χ3n) is 4.70. The maximum absolute atomic E-state index is 12.5. The first kappa shape index (κ1) is 21.0.